The van der Waals surface area contributed by atoms with Gasteiger partial charge in [0, 0.05) is 17.6 Å². The van der Waals surface area contributed by atoms with Gasteiger partial charge in [0.15, 0.2) is 0 Å². The summed E-state index contributed by atoms with van der Waals surface area (Å²) >= 11 is 3.35. The van der Waals surface area contributed by atoms with E-state index in [0.717, 1.165) is 8.78 Å². The molecular formula is C27H29BrFN3O4S. The summed E-state index contributed by atoms with van der Waals surface area (Å²) in [5.74, 6) is -1.33. The van der Waals surface area contributed by atoms with Crippen LogP contribution in [0.2, 0.25) is 0 Å². The molecule has 7 nitrogen and oxygen atoms in total. The zero-order chi connectivity index (χ0) is 27.0. The maximum Gasteiger partial charge on any atom is 0.264 e. The van der Waals surface area contributed by atoms with Gasteiger partial charge in [-0.05, 0) is 67.4 Å². The van der Waals surface area contributed by atoms with Crippen molar-refractivity contribution in [1.29, 1.82) is 0 Å². The topological polar surface area (TPSA) is 86.8 Å². The van der Waals surface area contributed by atoms with Crippen LogP contribution in [0.25, 0.3) is 0 Å². The van der Waals surface area contributed by atoms with Crippen molar-refractivity contribution in [3.63, 3.8) is 0 Å². The summed E-state index contributed by atoms with van der Waals surface area (Å²) in [4.78, 5) is 28.1. The summed E-state index contributed by atoms with van der Waals surface area (Å²) in [5, 5.41) is 2.74. The van der Waals surface area contributed by atoms with Crippen molar-refractivity contribution in [3.05, 3.63) is 94.7 Å². The van der Waals surface area contributed by atoms with Crippen LogP contribution in [0.15, 0.2) is 88.2 Å². The first kappa shape index (κ1) is 28.3. The maximum atomic E-state index is 13.8. The molecule has 10 heteroatoms. The van der Waals surface area contributed by atoms with Crippen LogP contribution >= 0.6 is 15.9 Å². The number of hydrogen-bond acceptors (Lipinski definition) is 4. The molecule has 0 aliphatic carbocycles. The molecule has 1 atom stereocenters. The Hall–Kier alpha value is -3.24. The molecule has 0 bridgehead atoms. The molecule has 0 aliphatic heterocycles. The number of nitrogens with zero attached hydrogens (tertiary/aromatic N) is 2. The maximum absolute atomic E-state index is 13.8. The molecule has 0 aromatic heterocycles. The highest BCUT2D eigenvalue weighted by Crippen LogP contribution is 2.26. The molecule has 3 rings (SSSR count). The van der Waals surface area contributed by atoms with E-state index in [2.05, 4.69) is 21.2 Å². The van der Waals surface area contributed by atoms with Gasteiger partial charge in [-0.25, -0.2) is 12.8 Å². The lowest BCUT2D eigenvalue weighted by Crippen LogP contribution is -2.52. The lowest BCUT2D eigenvalue weighted by Gasteiger charge is -2.33. The van der Waals surface area contributed by atoms with Gasteiger partial charge in [-0.15, -0.1) is 0 Å². The summed E-state index contributed by atoms with van der Waals surface area (Å²) in [5.41, 5.74) is 0.909. The Morgan fingerprint density at radius 2 is 1.57 bits per heavy atom. The molecule has 0 fully saturated rings. The number of likely N-dealkylation sites (N-methyl/N-ethyl adjacent to an activating group) is 1. The second-order valence-electron chi connectivity index (χ2n) is 8.27. The highest BCUT2D eigenvalue weighted by atomic mass is 79.9. The average Bonchev–Trinajstić information content (AvgIpc) is 2.89. The highest BCUT2D eigenvalue weighted by molar-refractivity contribution is 9.10. The van der Waals surface area contributed by atoms with Gasteiger partial charge in [0.25, 0.3) is 10.0 Å². The number of amides is 2. The third-order valence-corrected chi connectivity index (χ3v) is 8.04. The molecule has 3 aromatic carbocycles. The first-order chi connectivity index (χ1) is 17.7. The highest BCUT2D eigenvalue weighted by Gasteiger charge is 2.33. The molecule has 0 heterocycles. The molecule has 0 spiro atoms. The van der Waals surface area contributed by atoms with Crippen LogP contribution in [0.4, 0.5) is 10.1 Å². The molecule has 37 heavy (non-hydrogen) atoms. The Morgan fingerprint density at radius 1 is 0.946 bits per heavy atom. The summed E-state index contributed by atoms with van der Waals surface area (Å²) in [6, 6.07) is 19.2. The number of anilines is 1. The monoisotopic (exact) mass is 589 g/mol. The van der Waals surface area contributed by atoms with Gasteiger partial charge in [-0.2, -0.15) is 0 Å². The van der Waals surface area contributed by atoms with Crippen LogP contribution in [0, 0.1) is 5.82 Å². The molecule has 3 aromatic rings. The number of hydrogen-bond donors (Lipinski definition) is 1. The van der Waals surface area contributed by atoms with Crippen molar-refractivity contribution in [3.8, 4) is 0 Å². The van der Waals surface area contributed by atoms with E-state index in [-0.39, 0.29) is 17.3 Å². The van der Waals surface area contributed by atoms with Crippen molar-refractivity contribution < 1.29 is 22.4 Å². The molecular weight excluding hydrogens is 561 g/mol. The zero-order valence-electron chi connectivity index (χ0n) is 20.6. The zero-order valence-corrected chi connectivity index (χ0v) is 23.0. The van der Waals surface area contributed by atoms with Gasteiger partial charge in [0.05, 0.1) is 10.6 Å². The van der Waals surface area contributed by atoms with E-state index in [0.29, 0.717) is 24.2 Å². The minimum absolute atomic E-state index is 0.00825. The van der Waals surface area contributed by atoms with Crippen LogP contribution in [-0.4, -0.2) is 44.3 Å². The van der Waals surface area contributed by atoms with Crippen molar-refractivity contribution in [2.24, 2.45) is 0 Å². The van der Waals surface area contributed by atoms with E-state index >= 15 is 0 Å². The first-order valence-electron chi connectivity index (χ1n) is 11.8. The predicted molar refractivity (Wildman–Crippen MR) is 145 cm³/mol. The molecule has 0 unspecified atom stereocenters. The molecule has 0 radical (unpaired) electrons. The van der Waals surface area contributed by atoms with Gasteiger partial charge < -0.3 is 10.2 Å². The molecule has 2 amide bonds. The number of carbonyl (C=O) groups excluding carboxylic acids is 2. The number of carbonyl (C=O) groups is 2. The molecule has 1 N–H and O–H groups in total. The normalized spacial score (nSPS) is 12.0. The average molecular weight is 591 g/mol. The predicted octanol–water partition coefficient (Wildman–Crippen LogP) is 4.73. The third kappa shape index (κ3) is 7.17. The van der Waals surface area contributed by atoms with E-state index in [9.17, 15) is 22.4 Å². The molecule has 0 saturated heterocycles. The minimum Gasteiger partial charge on any atom is -0.355 e. The van der Waals surface area contributed by atoms with Crippen molar-refractivity contribution in [2.45, 2.75) is 37.8 Å². The lowest BCUT2D eigenvalue weighted by molar-refractivity contribution is -0.140. The van der Waals surface area contributed by atoms with E-state index in [1.807, 2.05) is 0 Å². The quantitative estimate of drug-likeness (QED) is 0.350. The SMILES string of the molecule is CCNC(=O)[C@H](CC)N(Cc1ccc(F)cc1)C(=O)CN(c1ccc(Br)cc1)S(=O)(=O)c1ccccc1. The Balaban J connectivity index is 2.03. The molecule has 0 saturated carbocycles. The van der Waals surface area contributed by atoms with Crippen LogP contribution in [0.1, 0.15) is 25.8 Å². The van der Waals surface area contributed by atoms with E-state index in [1.54, 1.807) is 56.3 Å². The van der Waals surface area contributed by atoms with Gasteiger partial charge in [-0.1, -0.05) is 53.2 Å². The fraction of sp³-hybridized carbons (Fsp3) is 0.259. The smallest absolute Gasteiger partial charge is 0.264 e. The standard InChI is InChI=1S/C27H29BrFN3O4S/c1-3-25(27(34)30-4-2)31(18-20-10-14-22(29)15-11-20)26(33)19-32(23-16-12-21(28)13-17-23)37(35,36)24-8-6-5-7-9-24/h5-17,25H,3-4,18-19H2,1-2H3,(H,30,34)/t25-/m0/s1. The van der Waals surface area contributed by atoms with Crippen LogP contribution in [0.5, 0.6) is 0 Å². The lowest BCUT2D eigenvalue weighted by atomic mass is 10.1. The largest absolute Gasteiger partial charge is 0.355 e. The van der Waals surface area contributed by atoms with Crippen LogP contribution in [-0.2, 0) is 26.2 Å². The molecule has 196 valence electrons. The number of nitrogens with one attached hydrogen (secondary N) is 1. The number of sulfonamides is 1. The summed E-state index contributed by atoms with van der Waals surface area (Å²) < 4.78 is 42.6. The third-order valence-electron chi connectivity index (χ3n) is 5.73. The van der Waals surface area contributed by atoms with Gasteiger partial charge in [0.2, 0.25) is 11.8 Å². The summed E-state index contributed by atoms with van der Waals surface area (Å²) in [6.07, 6.45) is 0.308. The molecule has 0 aliphatic rings. The fourth-order valence-corrected chi connectivity index (χ4v) is 5.55. The van der Waals surface area contributed by atoms with Gasteiger partial charge in [0.1, 0.15) is 18.4 Å². The van der Waals surface area contributed by atoms with Crippen molar-refractivity contribution in [2.75, 3.05) is 17.4 Å². The van der Waals surface area contributed by atoms with Crippen LogP contribution < -0.4 is 9.62 Å². The summed E-state index contributed by atoms with van der Waals surface area (Å²) in [6.45, 7) is 3.40. The number of halogens is 2. The van der Waals surface area contributed by atoms with E-state index in [1.165, 1.54) is 41.3 Å². The Labute approximate surface area is 225 Å². The minimum atomic E-state index is -4.12. The summed E-state index contributed by atoms with van der Waals surface area (Å²) in [7, 11) is -4.12. The first-order valence-corrected chi connectivity index (χ1v) is 14.1. The second kappa shape index (κ2) is 12.8. The van der Waals surface area contributed by atoms with Crippen LogP contribution in [0.3, 0.4) is 0 Å². The second-order valence-corrected chi connectivity index (χ2v) is 11.0. The van der Waals surface area contributed by atoms with E-state index in [4.69, 9.17) is 0 Å². The van der Waals surface area contributed by atoms with Crippen molar-refractivity contribution >= 4 is 43.5 Å². The van der Waals surface area contributed by atoms with Crippen molar-refractivity contribution in [1.82, 2.24) is 10.2 Å². The van der Waals surface area contributed by atoms with Gasteiger partial charge in [-0.3, -0.25) is 13.9 Å². The van der Waals surface area contributed by atoms with E-state index < -0.39 is 34.3 Å². The fourth-order valence-electron chi connectivity index (χ4n) is 3.85. The Bertz CT molecular complexity index is 1300. The Morgan fingerprint density at radius 3 is 2.14 bits per heavy atom. The number of benzene rings is 3. The van der Waals surface area contributed by atoms with Gasteiger partial charge >= 0.3 is 0 Å². The number of rotatable bonds is 11. The Kier molecular flexibility index (Phi) is 9.82.